The molecule has 1 N–H and O–H groups in total. The average Bonchev–Trinajstić information content (AvgIpc) is 3.12. The number of nitrogens with zero attached hydrogens (tertiary/aromatic N) is 4. The van der Waals surface area contributed by atoms with Crippen molar-refractivity contribution in [2.24, 2.45) is 0 Å². The molecule has 0 bridgehead atoms. The number of piperazine rings is 1. The van der Waals surface area contributed by atoms with E-state index in [0.29, 0.717) is 6.04 Å². The first kappa shape index (κ1) is 19.3. The molecule has 2 aliphatic heterocycles. The third kappa shape index (κ3) is 4.62. The summed E-state index contributed by atoms with van der Waals surface area (Å²) in [6.07, 6.45) is 6.56. The minimum atomic E-state index is -0.219. The van der Waals surface area contributed by atoms with Crippen molar-refractivity contribution in [1.29, 1.82) is 0 Å². The Kier molecular flexibility index (Phi) is 6.64. The zero-order valence-corrected chi connectivity index (χ0v) is 15.8. The van der Waals surface area contributed by atoms with E-state index in [4.69, 9.17) is 0 Å². The van der Waals surface area contributed by atoms with Gasteiger partial charge < -0.3 is 5.32 Å². The number of hydrogen-bond acceptors (Lipinski definition) is 4. The predicted octanol–water partition coefficient (Wildman–Crippen LogP) is 2.30. The van der Waals surface area contributed by atoms with E-state index in [2.05, 4.69) is 26.4 Å². The highest BCUT2D eigenvalue weighted by Gasteiger charge is 2.26. The Bertz CT molecular complexity index is 683. The lowest BCUT2D eigenvalue weighted by Gasteiger charge is -2.41. The Morgan fingerprint density at radius 2 is 1.88 bits per heavy atom. The van der Waals surface area contributed by atoms with Crippen LogP contribution in [0.25, 0.3) is 5.69 Å². The molecule has 7 heteroatoms. The van der Waals surface area contributed by atoms with E-state index in [1.165, 1.54) is 43.6 Å². The van der Waals surface area contributed by atoms with E-state index in [9.17, 15) is 4.39 Å². The van der Waals surface area contributed by atoms with Gasteiger partial charge in [-0.1, -0.05) is 0 Å². The normalized spacial score (nSPS) is 22.1. The fraction of sp³-hybridized carbons (Fsp3) is 0.526. The van der Waals surface area contributed by atoms with Crippen LogP contribution in [0.4, 0.5) is 4.39 Å². The van der Waals surface area contributed by atoms with Crippen molar-refractivity contribution in [2.45, 2.75) is 25.4 Å². The van der Waals surface area contributed by atoms with Crippen LogP contribution in [0.2, 0.25) is 0 Å². The SMILES string of the molecule is Cl.Fc1ccc(-n2cc(CN3CCCC(N4CCNCC4)C3)cn2)cc1. The summed E-state index contributed by atoms with van der Waals surface area (Å²) in [4.78, 5) is 5.19. The lowest BCUT2D eigenvalue weighted by atomic mass is 10.0. The average molecular weight is 380 g/mol. The molecule has 5 nitrogen and oxygen atoms in total. The molecule has 1 aromatic carbocycles. The molecule has 1 atom stereocenters. The number of likely N-dealkylation sites (tertiary alicyclic amines) is 1. The molecule has 2 aliphatic rings. The summed E-state index contributed by atoms with van der Waals surface area (Å²) in [6.45, 7) is 7.79. The molecular weight excluding hydrogens is 353 g/mol. The maximum Gasteiger partial charge on any atom is 0.123 e. The van der Waals surface area contributed by atoms with Gasteiger partial charge >= 0.3 is 0 Å². The maximum absolute atomic E-state index is 13.1. The Labute approximate surface area is 160 Å². The van der Waals surface area contributed by atoms with Gasteiger partial charge in [0.15, 0.2) is 0 Å². The predicted molar refractivity (Wildman–Crippen MR) is 104 cm³/mol. The topological polar surface area (TPSA) is 36.3 Å². The van der Waals surface area contributed by atoms with Gasteiger partial charge in [0.25, 0.3) is 0 Å². The van der Waals surface area contributed by atoms with Gasteiger partial charge in [0.05, 0.1) is 11.9 Å². The number of benzene rings is 1. The molecular formula is C19H27ClFN5. The van der Waals surface area contributed by atoms with Crippen LogP contribution in [-0.4, -0.2) is 64.9 Å². The van der Waals surface area contributed by atoms with Crippen molar-refractivity contribution in [3.63, 3.8) is 0 Å². The number of hydrogen-bond donors (Lipinski definition) is 1. The second-order valence-electron chi connectivity index (χ2n) is 7.09. The molecule has 1 unspecified atom stereocenters. The smallest absolute Gasteiger partial charge is 0.123 e. The number of halogens is 2. The number of rotatable bonds is 4. The largest absolute Gasteiger partial charge is 0.314 e. The summed E-state index contributed by atoms with van der Waals surface area (Å²) >= 11 is 0. The molecule has 4 rings (SSSR count). The van der Waals surface area contributed by atoms with Crippen molar-refractivity contribution in [1.82, 2.24) is 24.9 Å². The minimum Gasteiger partial charge on any atom is -0.314 e. The summed E-state index contributed by atoms with van der Waals surface area (Å²) in [5, 5.41) is 7.88. The molecule has 26 heavy (non-hydrogen) atoms. The van der Waals surface area contributed by atoms with Crippen LogP contribution in [0.3, 0.4) is 0 Å². The highest BCUT2D eigenvalue weighted by atomic mass is 35.5. The van der Waals surface area contributed by atoms with Crippen LogP contribution in [0.15, 0.2) is 36.7 Å². The number of aromatic nitrogens is 2. The lowest BCUT2D eigenvalue weighted by Crippen LogP contribution is -2.53. The van der Waals surface area contributed by atoms with Crippen molar-refractivity contribution < 1.29 is 4.39 Å². The van der Waals surface area contributed by atoms with Gasteiger partial charge in [0.2, 0.25) is 0 Å². The zero-order valence-electron chi connectivity index (χ0n) is 15.0. The summed E-state index contributed by atoms with van der Waals surface area (Å²) in [7, 11) is 0. The first-order chi connectivity index (χ1) is 12.3. The Hall–Kier alpha value is -1.47. The van der Waals surface area contributed by atoms with Crippen molar-refractivity contribution in [3.05, 3.63) is 48.0 Å². The van der Waals surface area contributed by atoms with E-state index < -0.39 is 0 Å². The van der Waals surface area contributed by atoms with Crippen LogP contribution >= 0.6 is 12.4 Å². The van der Waals surface area contributed by atoms with Gasteiger partial charge in [0.1, 0.15) is 5.82 Å². The fourth-order valence-electron chi connectivity index (χ4n) is 3.96. The number of nitrogens with one attached hydrogen (secondary N) is 1. The third-order valence-corrected chi connectivity index (χ3v) is 5.28. The Morgan fingerprint density at radius 1 is 1.12 bits per heavy atom. The third-order valence-electron chi connectivity index (χ3n) is 5.28. The highest BCUT2D eigenvalue weighted by Crippen LogP contribution is 2.19. The van der Waals surface area contributed by atoms with Gasteiger partial charge in [-0.2, -0.15) is 5.10 Å². The molecule has 0 aliphatic carbocycles. The quantitative estimate of drug-likeness (QED) is 0.884. The monoisotopic (exact) mass is 379 g/mol. The first-order valence-electron chi connectivity index (χ1n) is 9.24. The molecule has 142 valence electrons. The fourth-order valence-corrected chi connectivity index (χ4v) is 3.96. The standard InChI is InChI=1S/C19H26FN5.ClH/c20-17-3-5-18(6-4-17)25-14-16(12-22-25)13-23-9-1-2-19(15-23)24-10-7-21-8-11-24;/h3-6,12,14,19,21H,1-2,7-11,13,15H2;1H. The Morgan fingerprint density at radius 3 is 2.65 bits per heavy atom. The van der Waals surface area contributed by atoms with Gasteiger partial charge in [-0.15, -0.1) is 12.4 Å². The van der Waals surface area contributed by atoms with Gasteiger partial charge in [-0.25, -0.2) is 9.07 Å². The highest BCUT2D eigenvalue weighted by molar-refractivity contribution is 5.85. The molecule has 0 saturated carbocycles. The summed E-state index contributed by atoms with van der Waals surface area (Å²) in [5.41, 5.74) is 2.11. The molecule has 0 radical (unpaired) electrons. The summed E-state index contributed by atoms with van der Waals surface area (Å²) < 4.78 is 14.9. The van der Waals surface area contributed by atoms with Gasteiger partial charge in [-0.3, -0.25) is 9.80 Å². The van der Waals surface area contributed by atoms with E-state index in [-0.39, 0.29) is 18.2 Å². The van der Waals surface area contributed by atoms with E-state index in [1.54, 1.807) is 12.1 Å². The van der Waals surface area contributed by atoms with Crippen molar-refractivity contribution >= 4 is 12.4 Å². The van der Waals surface area contributed by atoms with Gasteiger partial charge in [0, 0.05) is 57.1 Å². The number of piperidine rings is 1. The van der Waals surface area contributed by atoms with Gasteiger partial charge in [-0.05, 0) is 43.7 Å². The van der Waals surface area contributed by atoms with Crippen molar-refractivity contribution in [2.75, 3.05) is 39.3 Å². The zero-order chi connectivity index (χ0) is 17.1. The summed E-state index contributed by atoms with van der Waals surface area (Å²) in [5.74, 6) is -0.219. The second-order valence-corrected chi connectivity index (χ2v) is 7.09. The minimum absolute atomic E-state index is 0. The second kappa shape index (κ2) is 8.95. The molecule has 3 heterocycles. The molecule has 2 fully saturated rings. The maximum atomic E-state index is 13.1. The lowest BCUT2D eigenvalue weighted by molar-refractivity contribution is 0.0840. The van der Waals surface area contributed by atoms with Crippen LogP contribution < -0.4 is 5.32 Å². The van der Waals surface area contributed by atoms with Crippen LogP contribution in [-0.2, 0) is 6.54 Å². The van der Waals surface area contributed by atoms with E-state index in [0.717, 1.165) is 38.4 Å². The summed E-state index contributed by atoms with van der Waals surface area (Å²) in [6, 6.07) is 7.14. The molecule has 0 spiro atoms. The molecule has 2 saturated heterocycles. The Balaban J connectivity index is 0.00000196. The van der Waals surface area contributed by atoms with Crippen LogP contribution in [0, 0.1) is 5.82 Å². The van der Waals surface area contributed by atoms with E-state index >= 15 is 0 Å². The van der Waals surface area contributed by atoms with Crippen LogP contribution in [0.5, 0.6) is 0 Å². The van der Waals surface area contributed by atoms with Crippen LogP contribution in [0.1, 0.15) is 18.4 Å². The molecule has 1 aromatic heterocycles. The van der Waals surface area contributed by atoms with E-state index in [1.807, 2.05) is 10.9 Å². The first-order valence-corrected chi connectivity index (χ1v) is 9.24. The molecule has 0 amide bonds. The molecule has 2 aromatic rings. The van der Waals surface area contributed by atoms with Crippen molar-refractivity contribution in [3.8, 4) is 5.69 Å².